The van der Waals surface area contributed by atoms with Gasteiger partial charge in [0.05, 0.1) is 22.6 Å². The van der Waals surface area contributed by atoms with E-state index < -0.39 is 10.8 Å². The average Bonchev–Trinajstić information content (AvgIpc) is 2.83. The molecule has 0 unspecified atom stereocenters. The number of nitrogens with zero attached hydrogens (tertiary/aromatic N) is 2. The van der Waals surface area contributed by atoms with Crippen LogP contribution in [0.5, 0.6) is 11.5 Å². The van der Waals surface area contributed by atoms with Crippen LogP contribution in [0, 0.1) is 21.4 Å². The highest BCUT2D eigenvalue weighted by Gasteiger charge is 2.19. The van der Waals surface area contributed by atoms with Gasteiger partial charge in [-0.1, -0.05) is 29.8 Å². The summed E-state index contributed by atoms with van der Waals surface area (Å²) < 4.78 is 11.4. The summed E-state index contributed by atoms with van der Waals surface area (Å²) in [7, 11) is 1.37. The Morgan fingerprint density at radius 3 is 2.56 bits per heavy atom. The summed E-state index contributed by atoms with van der Waals surface area (Å²) in [5.41, 5.74) is 0.865. The fraction of sp³-hybridized carbons (Fsp3) is 0.0833. The number of nitrogens with one attached hydrogen (secondary N) is 1. The lowest BCUT2D eigenvalue weighted by molar-refractivity contribution is -0.384. The van der Waals surface area contributed by atoms with Crippen molar-refractivity contribution in [2.45, 2.75) is 6.61 Å². The first-order chi connectivity index (χ1) is 16.3. The van der Waals surface area contributed by atoms with E-state index in [0.717, 1.165) is 5.56 Å². The van der Waals surface area contributed by atoms with Crippen molar-refractivity contribution in [3.63, 3.8) is 0 Å². The molecule has 0 spiro atoms. The van der Waals surface area contributed by atoms with Crippen LogP contribution in [0.2, 0.25) is 5.02 Å². The van der Waals surface area contributed by atoms with Gasteiger partial charge in [-0.2, -0.15) is 5.26 Å². The molecular formula is C24H17BrClN3O5. The van der Waals surface area contributed by atoms with Gasteiger partial charge in [0.1, 0.15) is 35.4 Å². The molecule has 1 N–H and O–H groups in total. The van der Waals surface area contributed by atoms with Crippen molar-refractivity contribution >= 4 is 50.9 Å². The third-order valence-electron chi connectivity index (χ3n) is 4.59. The molecule has 10 heteroatoms. The normalized spacial score (nSPS) is 10.8. The predicted molar refractivity (Wildman–Crippen MR) is 132 cm³/mol. The maximum absolute atomic E-state index is 12.6. The number of benzene rings is 3. The molecule has 34 heavy (non-hydrogen) atoms. The highest BCUT2D eigenvalue weighted by atomic mass is 79.9. The maximum atomic E-state index is 12.6. The Balaban J connectivity index is 1.75. The lowest BCUT2D eigenvalue weighted by Crippen LogP contribution is -2.14. The van der Waals surface area contributed by atoms with Gasteiger partial charge >= 0.3 is 0 Å². The van der Waals surface area contributed by atoms with Gasteiger partial charge in [-0.15, -0.1) is 0 Å². The van der Waals surface area contributed by atoms with Crippen LogP contribution in [0.15, 0.2) is 70.7 Å². The summed E-state index contributed by atoms with van der Waals surface area (Å²) in [6, 6.07) is 18.2. The van der Waals surface area contributed by atoms with Crippen LogP contribution in [-0.2, 0) is 11.4 Å². The third-order valence-corrected chi connectivity index (χ3v) is 5.46. The van der Waals surface area contributed by atoms with Crippen LogP contribution in [-0.4, -0.2) is 17.9 Å². The quantitative estimate of drug-likeness (QED) is 0.158. The number of nitro benzene ring substituents is 1. The molecule has 0 heterocycles. The summed E-state index contributed by atoms with van der Waals surface area (Å²) in [4.78, 5) is 23.3. The summed E-state index contributed by atoms with van der Waals surface area (Å²) in [5, 5.41) is 23.8. The Kier molecular flexibility index (Phi) is 8.24. The minimum Gasteiger partial charge on any atom is -0.496 e. The average molecular weight is 543 g/mol. The first-order valence-corrected chi connectivity index (χ1v) is 10.9. The second kappa shape index (κ2) is 11.3. The van der Waals surface area contributed by atoms with Crippen LogP contribution in [0.4, 0.5) is 11.4 Å². The molecule has 172 valence electrons. The van der Waals surface area contributed by atoms with Gasteiger partial charge in [-0.3, -0.25) is 14.9 Å². The van der Waals surface area contributed by atoms with Crippen LogP contribution in [0.25, 0.3) is 6.08 Å². The topological polar surface area (TPSA) is 114 Å². The number of carbonyl (C=O) groups is 1. The Morgan fingerprint density at radius 1 is 1.21 bits per heavy atom. The van der Waals surface area contributed by atoms with E-state index in [9.17, 15) is 20.2 Å². The molecule has 8 nitrogen and oxygen atoms in total. The van der Waals surface area contributed by atoms with E-state index in [2.05, 4.69) is 21.2 Å². The number of methoxy groups -OCH3 is 1. The molecule has 3 rings (SSSR count). The molecule has 0 saturated carbocycles. The summed E-state index contributed by atoms with van der Waals surface area (Å²) >= 11 is 9.31. The highest BCUT2D eigenvalue weighted by Crippen LogP contribution is 2.30. The SMILES string of the molecule is COc1ccc(NC(=O)/C(C#N)=C/c2ccc(OCc3ccc(Cl)cc3)c(Br)c2)c([N+](=O)[O-])c1. The van der Waals surface area contributed by atoms with E-state index in [1.165, 1.54) is 31.4 Å². The lowest BCUT2D eigenvalue weighted by atomic mass is 10.1. The van der Waals surface area contributed by atoms with E-state index in [4.69, 9.17) is 21.1 Å². The second-order valence-corrected chi connectivity index (χ2v) is 8.16. The number of hydrogen-bond donors (Lipinski definition) is 1. The molecule has 0 radical (unpaired) electrons. The zero-order valence-corrected chi connectivity index (χ0v) is 20.1. The second-order valence-electron chi connectivity index (χ2n) is 6.87. The molecular weight excluding hydrogens is 526 g/mol. The van der Waals surface area contributed by atoms with Gasteiger partial charge in [-0.05, 0) is 69.5 Å². The number of halogens is 2. The van der Waals surface area contributed by atoms with Crippen molar-refractivity contribution < 1.29 is 19.2 Å². The molecule has 0 saturated heterocycles. The molecule has 1 amide bonds. The number of nitro groups is 1. The third kappa shape index (κ3) is 6.34. The van der Waals surface area contributed by atoms with Gasteiger partial charge < -0.3 is 14.8 Å². The number of hydrogen-bond acceptors (Lipinski definition) is 6. The molecule has 0 fully saturated rings. The monoisotopic (exact) mass is 541 g/mol. The number of anilines is 1. The Hall–Kier alpha value is -3.87. The Morgan fingerprint density at radius 2 is 1.94 bits per heavy atom. The van der Waals surface area contributed by atoms with E-state index in [1.807, 2.05) is 18.2 Å². The van der Waals surface area contributed by atoms with Crippen molar-refractivity contribution in [1.82, 2.24) is 0 Å². The van der Waals surface area contributed by atoms with Crippen LogP contribution >= 0.6 is 27.5 Å². The van der Waals surface area contributed by atoms with Crippen LogP contribution in [0.1, 0.15) is 11.1 Å². The van der Waals surface area contributed by atoms with Gasteiger partial charge in [0.25, 0.3) is 11.6 Å². The fourth-order valence-electron chi connectivity index (χ4n) is 2.87. The van der Waals surface area contributed by atoms with Gasteiger partial charge in [-0.25, -0.2) is 0 Å². The van der Waals surface area contributed by atoms with Gasteiger partial charge in [0.15, 0.2) is 0 Å². The van der Waals surface area contributed by atoms with E-state index in [0.29, 0.717) is 27.4 Å². The van der Waals surface area contributed by atoms with Crippen LogP contribution in [0.3, 0.4) is 0 Å². The van der Waals surface area contributed by atoms with Gasteiger partial charge in [0, 0.05) is 5.02 Å². The number of carbonyl (C=O) groups excluding carboxylic acids is 1. The van der Waals surface area contributed by atoms with E-state index >= 15 is 0 Å². The minimum absolute atomic E-state index is 0.0518. The molecule has 0 aliphatic heterocycles. The number of nitriles is 1. The fourth-order valence-corrected chi connectivity index (χ4v) is 3.50. The lowest BCUT2D eigenvalue weighted by Gasteiger charge is -2.10. The zero-order chi connectivity index (χ0) is 24.7. The Labute approximate surface area is 208 Å². The van der Waals surface area contributed by atoms with Crippen molar-refractivity contribution in [3.05, 3.63) is 97.0 Å². The first kappa shape index (κ1) is 24.8. The van der Waals surface area contributed by atoms with E-state index in [-0.39, 0.29) is 22.7 Å². The van der Waals surface area contributed by atoms with Crippen molar-refractivity contribution in [2.75, 3.05) is 12.4 Å². The zero-order valence-electron chi connectivity index (χ0n) is 17.7. The first-order valence-electron chi connectivity index (χ1n) is 9.73. The molecule has 0 atom stereocenters. The maximum Gasteiger partial charge on any atom is 0.296 e. The molecule has 3 aromatic carbocycles. The number of rotatable bonds is 8. The molecule has 0 bridgehead atoms. The molecule has 3 aromatic rings. The van der Waals surface area contributed by atoms with Crippen molar-refractivity contribution in [2.24, 2.45) is 0 Å². The van der Waals surface area contributed by atoms with E-state index in [1.54, 1.807) is 30.3 Å². The molecule has 0 aromatic heterocycles. The summed E-state index contributed by atoms with van der Waals surface area (Å²) in [6.45, 7) is 0.331. The van der Waals surface area contributed by atoms with Crippen LogP contribution < -0.4 is 14.8 Å². The molecule has 0 aliphatic rings. The van der Waals surface area contributed by atoms with Crippen molar-refractivity contribution in [1.29, 1.82) is 5.26 Å². The minimum atomic E-state index is -0.782. The predicted octanol–water partition coefficient (Wildman–Crippen LogP) is 6.14. The summed E-state index contributed by atoms with van der Waals surface area (Å²) in [6.07, 6.45) is 1.37. The largest absolute Gasteiger partial charge is 0.496 e. The number of ether oxygens (including phenoxy) is 2. The smallest absolute Gasteiger partial charge is 0.296 e. The standard InChI is InChI=1S/C24H17BrClN3O5/c1-33-19-7-8-21(22(12-19)29(31)32)28-24(30)17(13-27)10-16-4-9-23(20(25)11-16)34-14-15-2-5-18(26)6-3-15/h2-12H,14H2,1H3,(H,28,30)/b17-10+. The van der Waals surface area contributed by atoms with Gasteiger partial charge in [0.2, 0.25) is 0 Å². The number of amides is 1. The Bertz CT molecular complexity index is 1300. The highest BCUT2D eigenvalue weighted by molar-refractivity contribution is 9.10. The summed E-state index contributed by atoms with van der Waals surface area (Å²) in [5.74, 6) is 0.0582. The molecule has 0 aliphatic carbocycles. The van der Waals surface area contributed by atoms with Crippen molar-refractivity contribution in [3.8, 4) is 17.6 Å².